The number of hydrogen-bond donors (Lipinski definition) is 1. The molecule has 102 valence electrons. The van der Waals surface area contributed by atoms with E-state index in [1.807, 2.05) is 26.8 Å². The molecule has 0 aliphatic rings. The van der Waals surface area contributed by atoms with Crippen LogP contribution in [0.4, 0.5) is 10.2 Å². The molecular formula is C16H16FN3. The van der Waals surface area contributed by atoms with Gasteiger partial charge in [0.25, 0.3) is 0 Å². The number of nitrogens with one attached hydrogen (secondary N) is 1. The SMILES string of the molecule is Cc1cc(C)c(C#N)c(NC(C)c2ccccc2F)n1. The Bertz CT molecular complexity index is 674. The van der Waals surface area contributed by atoms with Crippen molar-refractivity contribution in [3.8, 4) is 6.07 Å². The van der Waals surface area contributed by atoms with Crippen LogP contribution < -0.4 is 5.32 Å². The molecule has 1 atom stereocenters. The van der Waals surface area contributed by atoms with Crippen LogP contribution in [0, 0.1) is 31.0 Å². The fraction of sp³-hybridized carbons (Fsp3) is 0.250. The first-order valence-electron chi connectivity index (χ1n) is 6.42. The second-order valence-corrected chi connectivity index (χ2v) is 4.80. The molecule has 0 spiro atoms. The van der Waals surface area contributed by atoms with Gasteiger partial charge in [0, 0.05) is 11.3 Å². The first kappa shape index (κ1) is 14.0. The van der Waals surface area contributed by atoms with Crippen molar-refractivity contribution in [1.82, 2.24) is 4.98 Å². The van der Waals surface area contributed by atoms with Crippen molar-refractivity contribution in [3.63, 3.8) is 0 Å². The van der Waals surface area contributed by atoms with E-state index < -0.39 is 0 Å². The van der Waals surface area contributed by atoms with Gasteiger partial charge in [-0.25, -0.2) is 9.37 Å². The Labute approximate surface area is 118 Å². The molecule has 0 fully saturated rings. The van der Waals surface area contributed by atoms with Crippen LogP contribution in [0.5, 0.6) is 0 Å². The van der Waals surface area contributed by atoms with E-state index in [2.05, 4.69) is 16.4 Å². The van der Waals surface area contributed by atoms with E-state index in [0.29, 0.717) is 16.9 Å². The summed E-state index contributed by atoms with van der Waals surface area (Å²) >= 11 is 0. The smallest absolute Gasteiger partial charge is 0.144 e. The number of nitriles is 1. The predicted molar refractivity (Wildman–Crippen MR) is 76.9 cm³/mol. The lowest BCUT2D eigenvalue weighted by Crippen LogP contribution is -2.12. The Morgan fingerprint density at radius 1 is 1.30 bits per heavy atom. The van der Waals surface area contributed by atoms with Crippen LogP contribution in [-0.2, 0) is 0 Å². The number of halogens is 1. The summed E-state index contributed by atoms with van der Waals surface area (Å²) in [6.07, 6.45) is 0. The van der Waals surface area contributed by atoms with E-state index >= 15 is 0 Å². The third-order valence-corrected chi connectivity index (χ3v) is 3.18. The van der Waals surface area contributed by atoms with Crippen molar-refractivity contribution in [3.05, 3.63) is 58.5 Å². The summed E-state index contributed by atoms with van der Waals surface area (Å²) in [4.78, 5) is 4.34. The summed E-state index contributed by atoms with van der Waals surface area (Å²) in [6, 6.07) is 10.3. The topological polar surface area (TPSA) is 48.7 Å². The van der Waals surface area contributed by atoms with Gasteiger partial charge in [0.1, 0.15) is 17.7 Å². The van der Waals surface area contributed by atoms with Crippen molar-refractivity contribution < 1.29 is 4.39 Å². The minimum atomic E-state index is -0.268. The Morgan fingerprint density at radius 3 is 2.65 bits per heavy atom. The molecule has 0 radical (unpaired) electrons. The zero-order valence-electron chi connectivity index (χ0n) is 11.7. The van der Waals surface area contributed by atoms with E-state index in [4.69, 9.17) is 0 Å². The Morgan fingerprint density at radius 2 is 2.00 bits per heavy atom. The number of aryl methyl sites for hydroxylation is 2. The average molecular weight is 269 g/mol. The summed E-state index contributed by atoms with van der Waals surface area (Å²) in [5.41, 5.74) is 2.74. The van der Waals surface area contributed by atoms with Crippen LogP contribution in [0.2, 0.25) is 0 Å². The summed E-state index contributed by atoms with van der Waals surface area (Å²) in [5.74, 6) is 0.233. The second kappa shape index (κ2) is 5.70. The first-order chi connectivity index (χ1) is 9.52. The molecular weight excluding hydrogens is 253 g/mol. The highest BCUT2D eigenvalue weighted by atomic mass is 19.1. The van der Waals surface area contributed by atoms with E-state index in [1.54, 1.807) is 18.2 Å². The minimum absolute atomic E-state index is 0.267. The predicted octanol–water partition coefficient (Wildman–Crippen LogP) is 3.88. The van der Waals surface area contributed by atoms with Gasteiger partial charge in [0.05, 0.1) is 11.6 Å². The zero-order valence-corrected chi connectivity index (χ0v) is 11.7. The normalized spacial score (nSPS) is 11.8. The fourth-order valence-corrected chi connectivity index (χ4v) is 2.19. The van der Waals surface area contributed by atoms with Gasteiger partial charge in [0.2, 0.25) is 0 Å². The average Bonchev–Trinajstić information content (AvgIpc) is 2.38. The Balaban J connectivity index is 2.36. The lowest BCUT2D eigenvalue weighted by atomic mass is 10.1. The van der Waals surface area contributed by atoms with Crippen molar-refractivity contribution in [2.75, 3.05) is 5.32 Å². The highest BCUT2D eigenvalue weighted by Crippen LogP contribution is 2.24. The summed E-state index contributed by atoms with van der Waals surface area (Å²) in [5, 5.41) is 12.4. The van der Waals surface area contributed by atoms with E-state index in [9.17, 15) is 9.65 Å². The minimum Gasteiger partial charge on any atom is -0.362 e. The Kier molecular flexibility index (Phi) is 3.99. The van der Waals surface area contributed by atoms with Crippen molar-refractivity contribution in [1.29, 1.82) is 5.26 Å². The molecule has 2 rings (SSSR count). The highest BCUT2D eigenvalue weighted by Gasteiger charge is 2.14. The van der Waals surface area contributed by atoms with Crippen LogP contribution in [0.25, 0.3) is 0 Å². The van der Waals surface area contributed by atoms with Crippen molar-refractivity contribution in [2.24, 2.45) is 0 Å². The lowest BCUT2D eigenvalue weighted by molar-refractivity contribution is 0.600. The molecule has 0 saturated heterocycles. The molecule has 1 heterocycles. The zero-order chi connectivity index (χ0) is 14.7. The first-order valence-corrected chi connectivity index (χ1v) is 6.42. The maximum Gasteiger partial charge on any atom is 0.144 e. The number of rotatable bonds is 3. The van der Waals surface area contributed by atoms with Gasteiger partial charge < -0.3 is 5.32 Å². The summed E-state index contributed by atoms with van der Waals surface area (Å²) in [6.45, 7) is 5.58. The molecule has 1 N–H and O–H groups in total. The van der Waals surface area contributed by atoms with Gasteiger partial charge in [-0.3, -0.25) is 0 Å². The molecule has 3 nitrogen and oxygen atoms in total. The third-order valence-electron chi connectivity index (χ3n) is 3.18. The number of anilines is 1. The van der Waals surface area contributed by atoms with Crippen LogP contribution in [0.3, 0.4) is 0 Å². The van der Waals surface area contributed by atoms with Crippen molar-refractivity contribution in [2.45, 2.75) is 26.8 Å². The molecule has 0 aliphatic heterocycles. The largest absolute Gasteiger partial charge is 0.362 e. The maximum atomic E-state index is 13.8. The van der Waals surface area contributed by atoms with Gasteiger partial charge in [-0.15, -0.1) is 0 Å². The van der Waals surface area contributed by atoms with Gasteiger partial charge >= 0.3 is 0 Å². The number of benzene rings is 1. The number of hydrogen-bond acceptors (Lipinski definition) is 3. The second-order valence-electron chi connectivity index (χ2n) is 4.80. The maximum absolute atomic E-state index is 13.8. The quantitative estimate of drug-likeness (QED) is 0.919. The molecule has 2 aromatic rings. The lowest BCUT2D eigenvalue weighted by Gasteiger charge is -2.17. The van der Waals surface area contributed by atoms with Gasteiger partial charge in [0.15, 0.2) is 0 Å². The molecule has 0 aliphatic carbocycles. The fourth-order valence-electron chi connectivity index (χ4n) is 2.19. The van der Waals surface area contributed by atoms with Crippen LogP contribution in [-0.4, -0.2) is 4.98 Å². The Hall–Kier alpha value is -2.41. The van der Waals surface area contributed by atoms with Crippen LogP contribution in [0.1, 0.15) is 35.3 Å². The standard InChI is InChI=1S/C16H16FN3/c1-10-8-11(2)19-16(14(10)9-18)20-12(3)13-6-4-5-7-15(13)17/h4-8,12H,1-3H3,(H,19,20). The molecule has 0 bridgehead atoms. The van der Waals surface area contributed by atoms with Gasteiger partial charge in [-0.05, 0) is 38.5 Å². The van der Waals surface area contributed by atoms with E-state index in [0.717, 1.165) is 11.3 Å². The number of nitrogens with zero attached hydrogens (tertiary/aromatic N) is 2. The third kappa shape index (κ3) is 2.77. The molecule has 20 heavy (non-hydrogen) atoms. The molecule has 0 amide bonds. The molecule has 0 saturated carbocycles. The molecule has 1 aromatic carbocycles. The molecule has 1 aromatic heterocycles. The van der Waals surface area contributed by atoms with Gasteiger partial charge in [-0.2, -0.15) is 5.26 Å². The molecule has 4 heteroatoms. The monoisotopic (exact) mass is 269 g/mol. The summed E-state index contributed by atoms with van der Waals surface area (Å²) < 4.78 is 13.8. The van der Waals surface area contributed by atoms with E-state index in [-0.39, 0.29) is 11.9 Å². The van der Waals surface area contributed by atoms with Gasteiger partial charge in [-0.1, -0.05) is 18.2 Å². The van der Waals surface area contributed by atoms with Crippen LogP contribution >= 0.6 is 0 Å². The molecule has 1 unspecified atom stereocenters. The highest BCUT2D eigenvalue weighted by molar-refractivity contribution is 5.57. The van der Waals surface area contributed by atoms with Crippen LogP contribution in [0.15, 0.2) is 30.3 Å². The van der Waals surface area contributed by atoms with E-state index in [1.165, 1.54) is 6.07 Å². The number of pyridine rings is 1. The number of aromatic nitrogens is 1. The summed E-state index contributed by atoms with van der Waals surface area (Å²) in [7, 11) is 0. The van der Waals surface area contributed by atoms with Crippen molar-refractivity contribution >= 4 is 5.82 Å².